The Labute approximate surface area is 155 Å². The molecule has 2 N–H and O–H groups in total. The van der Waals surface area contributed by atoms with Gasteiger partial charge in [-0.15, -0.1) is 11.8 Å². The maximum atomic E-state index is 13.1. The fraction of sp³-hybridized carbons (Fsp3) is 0.0526. The van der Waals surface area contributed by atoms with Gasteiger partial charge in [0.05, 0.1) is 15.3 Å². The fourth-order valence-electron chi connectivity index (χ4n) is 2.89. The van der Waals surface area contributed by atoms with E-state index in [4.69, 9.17) is 5.73 Å². The van der Waals surface area contributed by atoms with E-state index in [0.29, 0.717) is 15.9 Å². The number of fused-ring (bicyclic) bond motifs is 2. The van der Waals surface area contributed by atoms with E-state index in [1.165, 1.54) is 11.8 Å². The summed E-state index contributed by atoms with van der Waals surface area (Å²) in [6.45, 7) is 0. The standard InChI is InChI=1S/C19H15N3O2S2/c1-25-18-16-11-15(8-9-17(16)21-19(20)22-18)26(23,24)14-7-6-12-4-2-3-5-13(12)10-14/h2-11H,1H3,(H2,20,21,22). The molecule has 0 saturated heterocycles. The van der Waals surface area contributed by atoms with Crippen molar-refractivity contribution in [3.63, 3.8) is 0 Å². The monoisotopic (exact) mass is 381 g/mol. The molecule has 0 bridgehead atoms. The zero-order valence-electron chi connectivity index (χ0n) is 13.9. The van der Waals surface area contributed by atoms with Gasteiger partial charge in [-0.25, -0.2) is 18.4 Å². The van der Waals surface area contributed by atoms with Gasteiger partial charge in [0.2, 0.25) is 15.8 Å². The first kappa shape index (κ1) is 16.8. The van der Waals surface area contributed by atoms with Crippen molar-refractivity contribution < 1.29 is 8.42 Å². The summed E-state index contributed by atoms with van der Waals surface area (Å²) < 4.78 is 26.2. The number of nitrogens with two attached hydrogens (primary N) is 1. The lowest BCUT2D eigenvalue weighted by Gasteiger charge is -2.09. The largest absolute Gasteiger partial charge is 0.368 e. The van der Waals surface area contributed by atoms with E-state index in [0.717, 1.165) is 10.8 Å². The first-order chi connectivity index (χ1) is 12.5. The number of nitrogens with zero attached hydrogens (tertiary/aromatic N) is 2. The molecule has 5 nitrogen and oxygen atoms in total. The summed E-state index contributed by atoms with van der Waals surface area (Å²) >= 11 is 1.40. The summed E-state index contributed by atoms with van der Waals surface area (Å²) in [5, 5.41) is 3.21. The van der Waals surface area contributed by atoms with E-state index in [-0.39, 0.29) is 15.7 Å². The zero-order chi connectivity index (χ0) is 18.3. The van der Waals surface area contributed by atoms with Crippen LogP contribution in [0.4, 0.5) is 5.95 Å². The maximum absolute atomic E-state index is 13.1. The van der Waals surface area contributed by atoms with Crippen LogP contribution in [-0.2, 0) is 9.84 Å². The van der Waals surface area contributed by atoms with E-state index < -0.39 is 9.84 Å². The number of benzene rings is 3. The quantitative estimate of drug-likeness (QED) is 0.428. The van der Waals surface area contributed by atoms with Crippen LogP contribution in [0, 0.1) is 0 Å². The SMILES string of the molecule is CSc1nc(N)nc2ccc(S(=O)(=O)c3ccc4ccccc4c3)cc12. The number of anilines is 1. The molecule has 130 valence electrons. The molecule has 1 aromatic heterocycles. The van der Waals surface area contributed by atoms with Gasteiger partial charge in [0.25, 0.3) is 0 Å². The van der Waals surface area contributed by atoms with E-state index in [1.54, 1.807) is 30.3 Å². The molecule has 0 amide bonds. The molecule has 4 rings (SSSR count). The minimum Gasteiger partial charge on any atom is -0.368 e. The van der Waals surface area contributed by atoms with E-state index in [2.05, 4.69) is 9.97 Å². The van der Waals surface area contributed by atoms with Gasteiger partial charge < -0.3 is 5.73 Å². The molecule has 0 fully saturated rings. The minimum atomic E-state index is -3.65. The summed E-state index contributed by atoms with van der Waals surface area (Å²) in [6.07, 6.45) is 1.87. The maximum Gasteiger partial charge on any atom is 0.221 e. The molecule has 1 heterocycles. The number of nitrogen functional groups attached to an aromatic ring is 1. The van der Waals surface area contributed by atoms with Crippen molar-refractivity contribution in [3.05, 3.63) is 60.7 Å². The number of rotatable bonds is 3. The van der Waals surface area contributed by atoms with Crippen LogP contribution in [0.3, 0.4) is 0 Å². The molecule has 0 saturated carbocycles. The van der Waals surface area contributed by atoms with Crippen molar-refractivity contribution in [1.29, 1.82) is 0 Å². The molecule has 4 aromatic rings. The summed E-state index contributed by atoms with van der Waals surface area (Å²) in [4.78, 5) is 8.84. The Morgan fingerprint density at radius 1 is 0.885 bits per heavy atom. The zero-order valence-corrected chi connectivity index (χ0v) is 15.5. The van der Waals surface area contributed by atoms with Gasteiger partial charge in [0.1, 0.15) is 5.03 Å². The predicted octanol–water partition coefficient (Wildman–Crippen LogP) is 3.92. The molecule has 7 heteroatoms. The Hall–Kier alpha value is -2.64. The second kappa shape index (κ2) is 6.26. The molecule has 3 aromatic carbocycles. The van der Waals surface area contributed by atoms with Crippen LogP contribution in [0.15, 0.2) is 75.5 Å². The van der Waals surface area contributed by atoms with Crippen LogP contribution in [0.1, 0.15) is 0 Å². The highest BCUT2D eigenvalue weighted by Gasteiger charge is 2.19. The Morgan fingerprint density at radius 3 is 2.35 bits per heavy atom. The summed E-state index contributed by atoms with van der Waals surface area (Å²) in [5.41, 5.74) is 6.34. The average Bonchev–Trinajstić information content (AvgIpc) is 2.66. The van der Waals surface area contributed by atoms with Gasteiger partial charge in [-0.05, 0) is 47.4 Å². The Morgan fingerprint density at radius 2 is 1.58 bits per heavy atom. The average molecular weight is 381 g/mol. The fourth-order valence-corrected chi connectivity index (χ4v) is 4.78. The van der Waals surface area contributed by atoms with Gasteiger partial charge in [-0.3, -0.25) is 0 Å². The second-order valence-corrected chi connectivity index (χ2v) is 8.53. The third-order valence-electron chi connectivity index (χ3n) is 4.18. The third kappa shape index (κ3) is 2.79. The van der Waals surface area contributed by atoms with Crippen molar-refractivity contribution in [2.24, 2.45) is 0 Å². The van der Waals surface area contributed by atoms with Crippen molar-refractivity contribution in [2.45, 2.75) is 14.8 Å². The smallest absolute Gasteiger partial charge is 0.221 e. The number of aromatic nitrogens is 2. The van der Waals surface area contributed by atoms with Crippen LogP contribution in [0.5, 0.6) is 0 Å². The van der Waals surface area contributed by atoms with Crippen LogP contribution in [0.2, 0.25) is 0 Å². The normalized spacial score (nSPS) is 11.9. The first-order valence-electron chi connectivity index (χ1n) is 7.84. The highest BCUT2D eigenvalue weighted by Crippen LogP contribution is 2.30. The lowest BCUT2D eigenvalue weighted by Crippen LogP contribution is -2.03. The van der Waals surface area contributed by atoms with Crippen molar-refractivity contribution in [3.8, 4) is 0 Å². The lowest BCUT2D eigenvalue weighted by atomic mass is 10.1. The second-order valence-electron chi connectivity index (χ2n) is 5.78. The highest BCUT2D eigenvalue weighted by molar-refractivity contribution is 7.98. The van der Waals surface area contributed by atoms with E-state index in [9.17, 15) is 8.42 Å². The molecule has 0 unspecified atom stereocenters. The van der Waals surface area contributed by atoms with E-state index >= 15 is 0 Å². The minimum absolute atomic E-state index is 0.173. The number of sulfone groups is 1. The summed E-state index contributed by atoms with van der Waals surface area (Å²) in [7, 11) is -3.65. The topological polar surface area (TPSA) is 85.9 Å². The first-order valence-corrected chi connectivity index (χ1v) is 10.5. The van der Waals surface area contributed by atoms with Crippen LogP contribution in [-0.4, -0.2) is 24.6 Å². The molecule has 0 radical (unpaired) electrons. The summed E-state index contributed by atoms with van der Waals surface area (Å²) in [5.74, 6) is 0.173. The van der Waals surface area contributed by atoms with Gasteiger partial charge in [0, 0.05) is 5.39 Å². The molecular weight excluding hydrogens is 366 g/mol. The molecule has 0 spiro atoms. The Balaban J connectivity index is 1.90. The molecule has 0 aliphatic heterocycles. The molecular formula is C19H15N3O2S2. The van der Waals surface area contributed by atoms with Gasteiger partial charge in [-0.1, -0.05) is 30.3 Å². The molecule has 26 heavy (non-hydrogen) atoms. The van der Waals surface area contributed by atoms with E-state index in [1.807, 2.05) is 36.6 Å². The van der Waals surface area contributed by atoms with Crippen LogP contribution in [0.25, 0.3) is 21.7 Å². The predicted molar refractivity (Wildman–Crippen MR) is 105 cm³/mol. The van der Waals surface area contributed by atoms with Crippen molar-refractivity contribution in [2.75, 3.05) is 12.0 Å². The lowest BCUT2D eigenvalue weighted by molar-refractivity contribution is 0.596. The number of thioether (sulfide) groups is 1. The van der Waals surface area contributed by atoms with Crippen molar-refractivity contribution in [1.82, 2.24) is 9.97 Å². The molecule has 0 aliphatic carbocycles. The van der Waals surface area contributed by atoms with Gasteiger partial charge in [0.15, 0.2) is 0 Å². The molecule has 0 aliphatic rings. The summed E-state index contributed by atoms with van der Waals surface area (Å²) in [6, 6.07) is 17.7. The Bertz CT molecular complexity index is 1250. The number of hydrogen-bond acceptors (Lipinski definition) is 6. The Kier molecular flexibility index (Phi) is 4.05. The van der Waals surface area contributed by atoms with Crippen molar-refractivity contribution >= 4 is 49.2 Å². The van der Waals surface area contributed by atoms with Gasteiger partial charge >= 0.3 is 0 Å². The third-order valence-corrected chi connectivity index (χ3v) is 6.63. The highest BCUT2D eigenvalue weighted by atomic mass is 32.2. The number of hydrogen-bond donors (Lipinski definition) is 1. The van der Waals surface area contributed by atoms with Crippen LogP contribution >= 0.6 is 11.8 Å². The van der Waals surface area contributed by atoms with Gasteiger partial charge in [-0.2, -0.15) is 0 Å². The van der Waals surface area contributed by atoms with Crippen LogP contribution < -0.4 is 5.73 Å². The molecule has 0 atom stereocenters.